The van der Waals surface area contributed by atoms with Crippen molar-refractivity contribution in [2.75, 3.05) is 10.6 Å². The quantitative estimate of drug-likeness (QED) is 0.477. The normalized spacial score (nSPS) is 19.0. The van der Waals surface area contributed by atoms with Crippen LogP contribution < -0.4 is 10.6 Å². The Hall–Kier alpha value is -2.93. The van der Waals surface area contributed by atoms with Crippen LogP contribution in [0.2, 0.25) is 0 Å². The van der Waals surface area contributed by atoms with Crippen molar-refractivity contribution in [1.29, 1.82) is 0 Å². The van der Waals surface area contributed by atoms with Gasteiger partial charge in [-0.25, -0.2) is 9.37 Å². The number of benzene rings is 1. The highest BCUT2D eigenvalue weighted by Crippen LogP contribution is 2.31. The van der Waals surface area contributed by atoms with Crippen molar-refractivity contribution in [2.24, 2.45) is 0 Å². The number of aromatic nitrogens is 2. The summed E-state index contributed by atoms with van der Waals surface area (Å²) in [5.74, 6) is -0.652. The third-order valence-electron chi connectivity index (χ3n) is 5.63. The van der Waals surface area contributed by atoms with Crippen LogP contribution in [0.4, 0.5) is 15.8 Å². The van der Waals surface area contributed by atoms with Crippen LogP contribution in [0.5, 0.6) is 0 Å². The van der Waals surface area contributed by atoms with Crippen LogP contribution >= 0.6 is 0 Å². The fourth-order valence-corrected chi connectivity index (χ4v) is 4.02. The van der Waals surface area contributed by atoms with E-state index in [0.717, 1.165) is 60.9 Å². The summed E-state index contributed by atoms with van der Waals surface area (Å²) < 4.78 is 13.2. The van der Waals surface area contributed by atoms with Gasteiger partial charge in [-0.1, -0.05) is 13.3 Å². The van der Waals surface area contributed by atoms with E-state index in [0.29, 0.717) is 11.3 Å². The van der Waals surface area contributed by atoms with Crippen molar-refractivity contribution >= 4 is 28.3 Å². The molecule has 7 heteroatoms. The molecule has 0 saturated heterocycles. The number of carbonyl (C=O) groups is 1. The Balaban J connectivity index is 1.67. The summed E-state index contributed by atoms with van der Waals surface area (Å²) >= 11 is 0. The molecular weight excluding hydrogens is 383 g/mol. The zero-order valence-electron chi connectivity index (χ0n) is 17.0. The summed E-state index contributed by atoms with van der Waals surface area (Å²) in [6, 6.07) is 7.93. The maximum absolute atomic E-state index is 13.2. The molecule has 6 nitrogen and oxygen atoms in total. The summed E-state index contributed by atoms with van der Waals surface area (Å²) in [5, 5.41) is 17.1. The highest BCUT2D eigenvalue weighted by atomic mass is 19.1. The molecule has 4 rings (SSSR count). The minimum Gasteiger partial charge on any atom is -0.393 e. The van der Waals surface area contributed by atoms with Crippen molar-refractivity contribution in [1.82, 2.24) is 9.97 Å². The number of nitrogens with zero attached hydrogens (tertiary/aromatic N) is 1. The van der Waals surface area contributed by atoms with Crippen LogP contribution in [0.25, 0.3) is 11.0 Å². The van der Waals surface area contributed by atoms with Crippen LogP contribution in [0, 0.1) is 5.82 Å². The SMILES string of the molecule is CCCc1cc2c(NC3CCC(O)CC3)c(C(=O)Nc3ccc(F)cc3)cnc2[nH]1. The number of hydrogen-bond donors (Lipinski definition) is 4. The van der Waals surface area contributed by atoms with E-state index in [2.05, 4.69) is 33.6 Å². The van der Waals surface area contributed by atoms with Gasteiger partial charge in [-0.3, -0.25) is 4.79 Å². The fraction of sp³-hybridized carbons (Fsp3) is 0.391. The molecule has 1 aromatic carbocycles. The van der Waals surface area contributed by atoms with Crippen molar-refractivity contribution in [3.05, 3.63) is 53.6 Å². The fourth-order valence-electron chi connectivity index (χ4n) is 4.02. The molecule has 0 radical (unpaired) electrons. The van der Waals surface area contributed by atoms with Crippen molar-refractivity contribution in [3.8, 4) is 0 Å². The molecule has 1 fully saturated rings. The van der Waals surface area contributed by atoms with E-state index < -0.39 is 0 Å². The topological polar surface area (TPSA) is 90.0 Å². The van der Waals surface area contributed by atoms with Gasteiger partial charge >= 0.3 is 0 Å². The van der Waals surface area contributed by atoms with Gasteiger partial charge in [0.1, 0.15) is 11.5 Å². The lowest BCUT2D eigenvalue weighted by atomic mass is 9.92. The largest absolute Gasteiger partial charge is 0.393 e. The van der Waals surface area contributed by atoms with Crippen molar-refractivity contribution in [2.45, 2.75) is 57.6 Å². The van der Waals surface area contributed by atoms with Gasteiger partial charge in [0, 0.05) is 29.0 Å². The van der Waals surface area contributed by atoms with Crippen LogP contribution in [-0.4, -0.2) is 33.1 Å². The second-order valence-corrected chi connectivity index (χ2v) is 7.96. The number of pyridine rings is 1. The Kier molecular flexibility index (Phi) is 5.99. The minimum absolute atomic E-state index is 0.181. The molecule has 158 valence electrons. The average Bonchev–Trinajstić information content (AvgIpc) is 3.15. The van der Waals surface area contributed by atoms with Crippen LogP contribution in [0.3, 0.4) is 0 Å². The lowest BCUT2D eigenvalue weighted by Gasteiger charge is -2.28. The Bertz CT molecular complexity index is 1020. The van der Waals surface area contributed by atoms with E-state index in [1.54, 1.807) is 6.20 Å². The lowest BCUT2D eigenvalue weighted by Crippen LogP contribution is -2.29. The van der Waals surface area contributed by atoms with Gasteiger partial charge in [0.15, 0.2) is 0 Å². The summed E-state index contributed by atoms with van der Waals surface area (Å²) in [7, 11) is 0. The number of fused-ring (bicyclic) bond motifs is 1. The molecule has 3 aromatic rings. The summed E-state index contributed by atoms with van der Waals surface area (Å²) in [5.41, 5.74) is 3.54. The number of aliphatic hydroxyl groups excluding tert-OH is 1. The number of H-pyrrole nitrogens is 1. The van der Waals surface area contributed by atoms with Gasteiger partial charge in [0.05, 0.1) is 17.4 Å². The Morgan fingerprint density at radius 2 is 1.97 bits per heavy atom. The summed E-state index contributed by atoms with van der Waals surface area (Å²) in [6.07, 6.45) is 6.43. The predicted octanol–water partition coefficient (Wildman–Crippen LogP) is 4.62. The number of aryl methyl sites for hydroxylation is 1. The first-order chi connectivity index (χ1) is 14.5. The van der Waals surface area contributed by atoms with Crippen LogP contribution in [-0.2, 0) is 6.42 Å². The number of aliphatic hydroxyl groups is 1. The number of amides is 1. The van der Waals surface area contributed by atoms with Gasteiger partial charge in [0.2, 0.25) is 0 Å². The number of aromatic amines is 1. The molecule has 0 bridgehead atoms. The van der Waals surface area contributed by atoms with Gasteiger partial charge in [-0.05, 0) is 62.4 Å². The Morgan fingerprint density at radius 3 is 2.67 bits per heavy atom. The number of nitrogens with one attached hydrogen (secondary N) is 3. The second kappa shape index (κ2) is 8.83. The first-order valence-electron chi connectivity index (χ1n) is 10.6. The van der Waals surface area contributed by atoms with Crippen molar-refractivity contribution < 1.29 is 14.3 Å². The minimum atomic E-state index is -0.353. The third kappa shape index (κ3) is 4.46. The molecule has 1 amide bonds. The number of carbonyl (C=O) groups excluding carboxylic acids is 1. The highest BCUT2D eigenvalue weighted by Gasteiger charge is 2.23. The third-order valence-corrected chi connectivity index (χ3v) is 5.63. The average molecular weight is 410 g/mol. The lowest BCUT2D eigenvalue weighted by molar-refractivity contribution is 0.102. The molecular formula is C23H27FN4O2. The number of halogens is 1. The molecule has 1 aliphatic rings. The molecule has 1 saturated carbocycles. The standard InChI is InChI=1S/C23H27FN4O2/c1-2-3-17-12-19-21(26-15-8-10-18(29)11-9-15)20(13-25-22(19)27-17)23(30)28-16-6-4-14(24)5-7-16/h4-7,12-13,15,18,29H,2-3,8-11H2,1H3,(H,28,30)(H2,25,26,27). The van der Waals surface area contributed by atoms with E-state index in [1.807, 2.05) is 0 Å². The van der Waals surface area contributed by atoms with E-state index in [1.165, 1.54) is 24.3 Å². The number of rotatable bonds is 6. The van der Waals surface area contributed by atoms with Gasteiger partial charge in [0.25, 0.3) is 5.91 Å². The maximum atomic E-state index is 13.2. The van der Waals surface area contributed by atoms with Crippen LogP contribution in [0.15, 0.2) is 36.5 Å². The van der Waals surface area contributed by atoms with E-state index in [4.69, 9.17) is 0 Å². The Labute approximate surface area is 174 Å². The molecule has 2 aromatic heterocycles. The predicted molar refractivity (Wildman–Crippen MR) is 116 cm³/mol. The molecule has 0 atom stereocenters. The van der Waals surface area contributed by atoms with E-state index in [-0.39, 0.29) is 23.9 Å². The summed E-state index contributed by atoms with van der Waals surface area (Å²) in [4.78, 5) is 20.9. The van der Waals surface area contributed by atoms with Gasteiger partial charge in [-0.2, -0.15) is 0 Å². The Morgan fingerprint density at radius 1 is 1.23 bits per heavy atom. The van der Waals surface area contributed by atoms with E-state index in [9.17, 15) is 14.3 Å². The maximum Gasteiger partial charge on any atom is 0.259 e. The molecule has 4 N–H and O–H groups in total. The molecule has 0 aliphatic heterocycles. The summed E-state index contributed by atoms with van der Waals surface area (Å²) in [6.45, 7) is 2.12. The molecule has 0 spiro atoms. The van der Waals surface area contributed by atoms with Crippen molar-refractivity contribution in [3.63, 3.8) is 0 Å². The first kappa shape index (κ1) is 20.3. The molecule has 1 aliphatic carbocycles. The smallest absolute Gasteiger partial charge is 0.259 e. The van der Waals surface area contributed by atoms with E-state index >= 15 is 0 Å². The zero-order chi connectivity index (χ0) is 21.1. The van der Waals surface area contributed by atoms with Crippen LogP contribution in [0.1, 0.15) is 55.1 Å². The van der Waals surface area contributed by atoms with Gasteiger partial charge in [-0.15, -0.1) is 0 Å². The molecule has 2 heterocycles. The molecule has 0 unspecified atom stereocenters. The molecule has 30 heavy (non-hydrogen) atoms. The monoisotopic (exact) mass is 410 g/mol. The number of anilines is 2. The highest BCUT2D eigenvalue weighted by molar-refractivity contribution is 6.12. The second-order valence-electron chi connectivity index (χ2n) is 7.96. The zero-order valence-corrected chi connectivity index (χ0v) is 17.0. The van der Waals surface area contributed by atoms with Gasteiger partial charge < -0.3 is 20.7 Å². The first-order valence-corrected chi connectivity index (χ1v) is 10.6. The number of hydrogen-bond acceptors (Lipinski definition) is 4.